The topological polar surface area (TPSA) is 57.2 Å². The van der Waals surface area contributed by atoms with Gasteiger partial charge in [-0.3, -0.25) is 0 Å². The molecule has 5 atom stereocenters. The molecule has 0 aromatic heterocycles. The molecular weight excluding hydrogens is 467 g/mol. The summed E-state index contributed by atoms with van der Waals surface area (Å²) in [5.41, 5.74) is 1.70. The lowest BCUT2D eigenvalue weighted by atomic mass is 9.87. The fourth-order valence-electron chi connectivity index (χ4n) is 3.74. The molecule has 1 aliphatic heterocycles. The molecule has 1 aromatic rings. The molecule has 0 spiro atoms. The predicted molar refractivity (Wildman–Crippen MR) is 145 cm³/mol. The predicted octanol–water partition coefficient (Wildman–Crippen LogP) is 6.01. The molecule has 0 fully saturated rings. The van der Waals surface area contributed by atoms with E-state index in [2.05, 4.69) is 48.6 Å². The van der Waals surface area contributed by atoms with E-state index in [1.807, 2.05) is 49.4 Å². The van der Waals surface area contributed by atoms with E-state index in [0.29, 0.717) is 25.2 Å². The minimum Gasteiger partial charge on any atom is -0.494 e. The Morgan fingerprint density at radius 3 is 2.76 bits per heavy atom. The Morgan fingerprint density at radius 2 is 2.09 bits per heavy atom. The molecule has 34 heavy (non-hydrogen) atoms. The maximum absolute atomic E-state index is 10.2. The lowest BCUT2D eigenvalue weighted by molar-refractivity contribution is -0.122. The SMILES string of the molecule is C=C(CS)C[C@@H](O)/C=C/C(C)(C)C1=CCC[C@@H](C[C@@H](OP)[C@@H](C)OCOCc2ccccc2)O1. The molecule has 1 N–H and O–H groups in total. The van der Waals surface area contributed by atoms with Gasteiger partial charge in [0.1, 0.15) is 18.7 Å². The summed E-state index contributed by atoms with van der Waals surface area (Å²) < 4.78 is 23.6. The van der Waals surface area contributed by atoms with Crippen LogP contribution in [0.25, 0.3) is 0 Å². The summed E-state index contributed by atoms with van der Waals surface area (Å²) in [5.74, 6) is 1.49. The summed E-state index contributed by atoms with van der Waals surface area (Å²) in [6.07, 6.45) is 8.25. The van der Waals surface area contributed by atoms with Gasteiger partial charge in [-0.05, 0) is 51.7 Å². The van der Waals surface area contributed by atoms with Gasteiger partial charge in [0.2, 0.25) is 0 Å². The second kappa shape index (κ2) is 15.1. The molecule has 0 saturated carbocycles. The summed E-state index contributed by atoms with van der Waals surface area (Å²) in [6.45, 7) is 10.8. The van der Waals surface area contributed by atoms with Crippen LogP contribution in [0.15, 0.2) is 66.5 Å². The third-order valence-electron chi connectivity index (χ3n) is 5.92. The van der Waals surface area contributed by atoms with Gasteiger partial charge >= 0.3 is 0 Å². The van der Waals surface area contributed by atoms with Crippen LogP contribution in [0.4, 0.5) is 0 Å². The van der Waals surface area contributed by atoms with Crippen molar-refractivity contribution in [2.75, 3.05) is 12.5 Å². The summed E-state index contributed by atoms with van der Waals surface area (Å²) in [6, 6.07) is 10.0. The normalized spacial score (nSPS) is 19.4. The highest BCUT2D eigenvalue weighted by Crippen LogP contribution is 2.35. The lowest BCUT2D eigenvalue weighted by Crippen LogP contribution is -2.34. The molecule has 1 aliphatic rings. The van der Waals surface area contributed by atoms with Crippen LogP contribution in [0.1, 0.15) is 52.0 Å². The first-order valence-corrected chi connectivity index (χ1v) is 13.0. The highest BCUT2D eigenvalue weighted by molar-refractivity contribution is 7.80. The van der Waals surface area contributed by atoms with Crippen LogP contribution in [-0.4, -0.2) is 42.1 Å². The zero-order chi connectivity index (χ0) is 25.0. The summed E-state index contributed by atoms with van der Waals surface area (Å²) in [4.78, 5) is 0. The third kappa shape index (κ3) is 10.2. The molecule has 0 aliphatic carbocycles. The molecule has 7 heteroatoms. The van der Waals surface area contributed by atoms with Crippen LogP contribution in [0.2, 0.25) is 0 Å². The third-order valence-corrected chi connectivity index (χ3v) is 6.72. The highest BCUT2D eigenvalue weighted by Gasteiger charge is 2.30. The molecule has 0 bridgehead atoms. The lowest BCUT2D eigenvalue weighted by Gasteiger charge is -2.35. The van der Waals surface area contributed by atoms with E-state index in [-0.39, 0.29) is 30.5 Å². The number of aliphatic hydroxyl groups excluding tert-OH is 1. The van der Waals surface area contributed by atoms with Gasteiger partial charge in [-0.1, -0.05) is 54.6 Å². The van der Waals surface area contributed by atoms with Crippen molar-refractivity contribution in [2.24, 2.45) is 5.41 Å². The minimum absolute atomic E-state index is 0.0309. The maximum Gasteiger partial charge on any atom is 0.147 e. The van der Waals surface area contributed by atoms with E-state index in [1.54, 1.807) is 0 Å². The van der Waals surface area contributed by atoms with Gasteiger partial charge in [-0.25, -0.2) is 0 Å². The molecule has 0 saturated heterocycles. The number of hydrogen-bond donors (Lipinski definition) is 2. The van der Waals surface area contributed by atoms with Crippen LogP contribution in [-0.2, 0) is 25.3 Å². The molecule has 190 valence electrons. The van der Waals surface area contributed by atoms with Gasteiger partial charge in [0.15, 0.2) is 0 Å². The summed E-state index contributed by atoms with van der Waals surface area (Å²) in [5, 5.41) is 10.2. The maximum atomic E-state index is 10.2. The largest absolute Gasteiger partial charge is 0.494 e. The van der Waals surface area contributed by atoms with Gasteiger partial charge in [0, 0.05) is 27.1 Å². The molecule has 1 unspecified atom stereocenters. The average molecular weight is 509 g/mol. The van der Waals surface area contributed by atoms with Crippen molar-refractivity contribution in [2.45, 2.75) is 77.5 Å². The Morgan fingerprint density at radius 1 is 1.35 bits per heavy atom. The van der Waals surface area contributed by atoms with E-state index in [1.165, 1.54) is 0 Å². The first-order chi connectivity index (χ1) is 16.2. The van der Waals surface area contributed by atoms with Gasteiger partial charge < -0.3 is 23.8 Å². The number of thiol groups is 1. The standard InChI is InChI=1S/C27H41O5PS/c1-20(18-34)15-23(28)13-14-27(3,4)26-12-8-11-24(31-26)16-25(32-33)21(2)30-19-29-17-22-9-6-5-7-10-22/h5-7,9-10,12-14,21,23-25,28,34H,1,8,11,15-19,33H2,2-4H3/b14-13+/t21-,23+,24+,25-/m1/s1. The zero-order valence-electron chi connectivity index (χ0n) is 20.7. The number of aliphatic hydroxyl groups is 1. The van der Waals surface area contributed by atoms with Crippen molar-refractivity contribution >= 4 is 22.1 Å². The Labute approximate surface area is 213 Å². The highest BCUT2D eigenvalue weighted by atomic mass is 32.1. The van der Waals surface area contributed by atoms with Crippen molar-refractivity contribution < 1.29 is 23.8 Å². The van der Waals surface area contributed by atoms with E-state index in [4.69, 9.17) is 18.7 Å². The van der Waals surface area contributed by atoms with E-state index < -0.39 is 6.10 Å². The van der Waals surface area contributed by atoms with Crippen molar-refractivity contribution in [1.29, 1.82) is 0 Å². The van der Waals surface area contributed by atoms with Crippen LogP contribution in [0.5, 0.6) is 0 Å². The van der Waals surface area contributed by atoms with Crippen LogP contribution in [0, 0.1) is 5.41 Å². The number of hydrogen-bond acceptors (Lipinski definition) is 6. The number of allylic oxidation sites excluding steroid dienone is 2. The minimum atomic E-state index is -0.573. The van der Waals surface area contributed by atoms with Crippen molar-refractivity contribution in [3.05, 3.63) is 72.0 Å². The van der Waals surface area contributed by atoms with Crippen LogP contribution in [0.3, 0.4) is 0 Å². The van der Waals surface area contributed by atoms with Gasteiger partial charge in [-0.15, -0.1) is 0 Å². The van der Waals surface area contributed by atoms with Gasteiger partial charge in [0.05, 0.1) is 24.9 Å². The molecule has 2 rings (SSSR count). The number of rotatable bonds is 15. The Bertz CT molecular complexity index is 795. The summed E-state index contributed by atoms with van der Waals surface area (Å²) >= 11 is 4.20. The van der Waals surface area contributed by atoms with E-state index in [0.717, 1.165) is 29.7 Å². The molecule has 0 amide bonds. The first-order valence-electron chi connectivity index (χ1n) is 11.9. The molecule has 5 nitrogen and oxygen atoms in total. The fraction of sp³-hybridized carbons (Fsp3) is 0.556. The van der Waals surface area contributed by atoms with Crippen LogP contribution < -0.4 is 0 Å². The van der Waals surface area contributed by atoms with E-state index in [9.17, 15) is 5.11 Å². The number of ether oxygens (including phenoxy) is 3. The Balaban J connectivity index is 1.82. The van der Waals surface area contributed by atoms with Crippen LogP contribution >= 0.6 is 22.1 Å². The molecule has 1 heterocycles. The Kier molecular flexibility index (Phi) is 12.9. The van der Waals surface area contributed by atoms with Crippen molar-refractivity contribution in [1.82, 2.24) is 0 Å². The average Bonchev–Trinajstić information content (AvgIpc) is 2.84. The number of benzene rings is 1. The van der Waals surface area contributed by atoms with E-state index >= 15 is 0 Å². The Hall–Kier alpha value is -1.14. The monoisotopic (exact) mass is 508 g/mol. The van der Waals surface area contributed by atoms with Crippen molar-refractivity contribution in [3.63, 3.8) is 0 Å². The second-order valence-corrected chi connectivity index (χ2v) is 9.97. The van der Waals surface area contributed by atoms with Gasteiger partial charge in [-0.2, -0.15) is 12.6 Å². The van der Waals surface area contributed by atoms with Crippen molar-refractivity contribution in [3.8, 4) is 0 Å². The zero-order valence-corrected chi connectivity index (χ0v) is 22.7. The smallest absolute Gasteiger partial charge is 0.147 e. The molecular formula is C27H41O5PS. The van der Waals surface area contributed by atoms with Gasteiger partial charge in [0.25, 0.3) is 0 Å². The molecule has 0 radical (unpaired) electrons. The first kappa shape index (κ1) is 29.1. The second-order valence-electron chi connectivity index (χ2n) is 9.38. The molecule has 1 aromatic carbocycles. The summed E-state index contributed by atoms with van der Waals surface area (Å²) in [7, 11) is 2.36. The quantitative estimate of drug-likeness (QED) is 0.0999. The fourth-order valence-corrected chi connectivity index (χ4v) is 4.20.